The summed E-state index contributed by atoms with van der Waals surface area (Å²) >= 11 is 0. The molecule has 0 bridgehead atoms. The number of nitrogens with one attached hydrogen (secondary N) is 1. The van der Waals surface area contributed by atoms with E-state index >= 15 is 0 Å². The summed E-state index contributed by atoms with van der Waals surface area (Å²) in [5, 5.41) is 3.36. The predicted octanol–water partition coefficient (Wildman–Crippen LogP) is 3.27. The largest absolute Gasteiger partial charge is 0.382 e. The van der Waals surface area contributed by atoms with E-state index < -0.39 is 0 Å². The Balaban J connectivity index is 2.00. The molecule has 0 unspecified atom stereocenters. The lowest BCUT2D eigenvalue weighted by Crippen LogP contribution is -2.10. The van der Waals surface area contributed by atoms with Gasteiger partial charge in [-0.15, -0.1) is 0 Å². The molecule has 1 heterocycles. The van der Waals surface area contributed by atoms with Gasteiger partial charge in [0, 0.05) is 37.8 Å². The molecule has 2 rings (SSSR count). The first-order valence-electron chi connectivity index (χ1n) is 7.29. The normalized spacial score (nSPS) is 10.7. The number of benzene rings is 1. The Morgan fingerprint density at radius 3 is 3.00 bits per heavy atom. The molecule has 4 heteroatoms. The summed E-state index contributed by atoms with van der Waals surface area (Å²) in [6, 6.07) is 8.54. The van der Waals surface area contributed by atoms with Crippen molar-refractivity contribution in [3.8, 4) is 5.69 Å². The third-order valence-corrected chi connectivity index (χ3v) is 3.19. The Bertz CT molecular complexity index is 522. The maximum Gasteiger partial charge on any atom is 0.207 e. The summed E-state index contributed by atoms with van der Waals surface area (Å²) in [5.41, 5.74) is 2.48. The predicted molar refractivity (Wildman–Crippen MR) is 82.5 cm³/mol. The van der Waals surface area contributed by atoms with Crippen molar-refractivity contribution in [1.29, 1.82) is 0 Å². The summed E-state index contributed by atoms with van der Waals surface area (Å²) < 4.78 is 7.41. The van der Waals surface area contributed by atoms with Gasteiger partial charge < -0.3 is 10.1 Å². The van der Waals surface area contributed by atoms with E-state index in [-0.39, 0.29) is 0 Å². The summed E-state index contributed by atoms with van der Waals surface area (Å²) in [5.74, 6) is 0.884. The third kappa shape index (κ3) is 3.84. The Morgan fingerprint density at radius 2 is 2.20 bits per heavy atom. The van der Waals surface area contributed by atoms with Crippen LogP contribution in [-0.4, -0.2) is 29.3 Å². The van der Waals surface area contributed by atoms with Gasteiger partial charge in [0.15, 0.2) is 0 Å². The number of aromatic nitrogens is 2. The number of ether oxygens (including phenoxy) is 1. The van der Waals surface area contributed by atoms with E-state index in [9.17, 15) is 0 Å². The van der Waals surface area contributed by atoms with E-state index in [0.717, 1.165) is 44.2 Å². The SMILES string of the molecule is CCOCCCNc1nccn1-c1cccc(CC)c1. The fourth-order valence-corrected chi connectivity index (χ4v) is 2.09. The van der Waals surface area contributed by atoms with Crippen LogP contribution in [0.2, 0.25) is 0 Å². The summed E-state index contributed by atoms with van der Waals surface area (Å²) in [6.45, 7) is 6.61. The van der Waals surface area contributed by atoms with Crippen molar-refractivity contribution in [3.63, 3.8) is 0 Å². The van der Waals surface area contributed by atoms with Crippen molar-refractivity contribution in [2.75, 3.05) is 25.1 Å². The van der Waals surface area contributed by atoms with Gasteiger partial charge in [-0.2, -0.15) is 0 Å². The topological polar surface area (TPSA) is 39.1 Å². The quantitative estimate of drug-likeness (QED) is 0.750. The standard InChI is InChI=1S/C16H23N3O/c1-3-14-7-5-8-15(13-14)19-11-10-18-16(19)17-9-6-12-20-4-2/h5,7-8,10-11,13H,3-4,6,9,12H2,1-2H3,(H,17,18). The average Bonchev–Trinajstić information content (AvgIpc) is 2.95. The van der Waals surface area contributed by atoms with E-state index in [0.29, 0.717) is 0 Å². The van der Waals surface area contributed by atoms with Gasteiger partial charge >= 0.3 is 0 Å². The highest BCUT2D eigenvalue weighted by atomic mass is 16.5. The highest BCUT2D eigenvalue weighted by molar-refractivity contribution is 5.43. The molecular formula is C16H23N3O. The van der Waals surface area contributed by atoms with Gasteiger partial charge in [-0.05, 0) is 37.5 Å². The van der Waals surface area contributed by atoms with Crippen LogP contribution < -0.4 is 5.32 Å². The second-order valence-corrected chi connectivity index (χ2v) is 4.62. The first kappa shape index (κ1) is 14.6. The number of aryl methyl sites for hydroxylation is 1. The van der Waals surface area contributed by atoms with Crippen LogP contribution in [0.4, 0.5) is 5.95 Å². The van der Waals surface area contributed by atoms with Crippen LogP contribution in [0.25, 0.3) is 5.69 Å². The third-order valence-electron chi connectivity index (χ3n) is 3.19. The fourth-order valence-electron chi connectivity index (χ4n) is 2.09. The summed E-state index contributed by atoms with van der Waals surface area (Å²) in [6.07, 6.45) is 5.83. The maximum atomic E-state index is 5.33. The van der Waals surface area contributed by atoms with Gasteiger partial charge in [0.1, 0.15) is 0 Å². The molecule has 0 saturated heterocycles. The van der Waals surface area contributed by atoms with Gasteiger partial charge in [-0.25, -0.2) is 4.98 Å². The van der Waals surface area contributed by atoms with E-state index in [1.807, 2.05) is 19.3 Å². The van der Waals surface area contributed by atoms with Crippen molar-refractivity contribution >= 4 is 5.95 Å². The van der Waals surface area contributed by atoms with E-state index in [4.69, 9.17) is 4.74 Å². The van der Waals surface area contributed by atoms with Crippen LogP contribution in [0.15, 0.2) is 36.7 Å². The molecule has 1 aromatic heterocycles. The maximum absolute atomic E-state index is 5.33. The zero-order chi connectivity index (χ0) is 14.2. The Labute approximate surface area is 120 Å². The molecule has 0 amide bonds. The summed E-state index contributed by atoms with van der Waals surface area (Å²) in [7, 11) is 0. The molecular weight excluding hydrogens is 250 g/mol. The van der Waals surface area contributed by atoms with Crippen LogP contribution in [-0.2, 0) is 11.2 Å². The second-order valence-electron chi connectivity index (χ2n) is 4.62. The lowest BCUT2D eigenvalue weighted by atomic mass is 10.1. The lowest BCUT2D eigenvalue weighted by molar-refractivity contribution is 0.147. The molecule has 1 aromatic carbocycles. The smallest absolute Gasteiger partial charge is 0.207 e. The molecule has 0 atom stereocenters. The number of nitrogens with zero attached hydrogens (tertiary/aromatic N) is 2. The molecule has 0 saturated carbocycles. The highest BCUT2D eigenvalue weighted by Gasteiger charge is 2.04. The highest BCUT2D eigenvalue weighted by Crippen LogP contribution is 2.16. The number of imidazole rings is 1. The van der Waals surface area contributed by atoms with E-state index in [2.05, 4.69) is 46.1 Å². The Morgan fingerprint density at radius 1 is 1.30 bits per heavy atom. The first-order valence-corrected chi connectivity index (χ1v) is 7.29. The minimum atomic E-state index is 0.776. The van der Waals surface area contributed by atoms with Crippen molar-refractivity contribution in [3.05, 3.63) is 42.2 Å². The second kappa shape index (κ2) is 7.70. The van der Waals surface area contributed by atoms with Crippen molar-refractivity contribution in [2.24, 2.45) is 0 Å². The number of hydrogen-bond donors (Lipinski definition) is 1. The van der Waals surface area contributed by atoms with Crippen LogP contribution in [0, 0.1) is 0 Å². The lowest BCUT2D eigenvalue weighted by Gasteiger charge is -2.11. The molecule has 0 radical (unpaired) electrons. The van der Waals surface area contributed by atoms with Crippen molar-refractivity contribution in [2.45, 2.75) is 26.7 Å². The van der Waals surface area contributed by atoms with Gasteiger partial charge in [-0.3, -0.25) is 4.57 Å². The Kier molecular flexibility index (Phi) is 5.62. The van der Waals surface area contributed by atoms with Gasteiger partial charge in [-0.1, -0.05) is 19.1 Å². The van der Waals surface area contributed by atoms with Crippen LogP contribution >= 0.6 is 0 Å². The molecule has 108 valence electrons. The fraction of sp³-hybridized carbons (Fsp3) is 0.438. The average molecular weight is 273 g/mol. The molecule has 0 fully saturated rings. The van der Waals surface area contributed by atoms with Gasteiger partial charge in [0.05, 0.1) is 0 Å². The Hall–Kier alpha value is -1.81. The monoisotopic (exact) mass is 273 g/mol. The first-order chi connectivity index (χ1) is 9.85. The molecule has 0 aliphatic carbocycles. The molecule has 1 N–H and O–H groups in total. The van der Waals surface area contributed by atoms with E-state index in [1.165, 1.54) is 5.56 Å². The molecule has 4 nitrogen and oxygen atoms in total. The zero-order valence-electron chi connectivity index (χ0n) is 12.3. The van der Waals surface area contributed by atoms with Gasteiger partial charge in [0.25, 0.3) is 0 Å². The van der Waals surface area contributed by atoms with Crippen molar-refractivity contribution < 1.29 is 4.74 Å². The number of hydrogen-bond acceptors (Lipinski definition) is 3. The number of rotatable bonds is 8. The molecule has 2 aromatic rings. The molecule has 0 aliphatic rings. The van der Waals surface area contributed by atoms with E-state index in [1.54, 1.807) is 0 Å². The minimum Gasteiger partial charge on any atom is -0.382 e. The van der Waals surface area contributed by atoms with Gasteiger partial charge in [0.2, 0.25) is 5.95 Å². The molecule has 20 heavy (non-hydrogen) atoms. The van der Waals surface area contributed by atoms with Crippen molar-refractivity contribution in [1.82, 2.24) is 9.55 Å². The van der Waals surface area contributed by atoms with Crippen LogP contribution in [0.1, 0.15) is 25.8 Å². The minimum absolute atomic E-state index is 0.776. The molecule has 0 aliphatic heterocycles. The zero-order valence-corrected chi connectivity index (χ0v) is 12.3. The van der Waals surface area contributed by atoms with Crippen LogP contribution in [0.3, 0.4) is 0 Å². The summed E-state index contributed by atoms with van der Waals surface area (Å²) in [4.78, 5) is 4.38. The number of anilines is 1. The molecule has 0 spiro atoms. The van der Waals surface area contributed by atoms with Crippen LogP contribution in [0.5, 0.6) is 0 Å².